The molecule has 0 bridgehead atoms. The Morgan fingerprint density at radius 1 is 1.36 bits per heavy atom. The molecule has 132 valence electrons. The third-order valence-corrected chi connectivity index (χ3v) is 4.48. The van der Waals surface area contributed by atoms with Crippen LogP contribution in [0.3, 0.4) is 0 Å². The van der Waals surface area contributed by atoms with E-state index >= 15 is 0 Å². The summed E-state index contributed by atoms with van der Waals surface area (Å²) in [7, 11) is 0. The van der Waals surface area contributed by atoms with Gasteiger partial charge in [-0.3, -0.25) is 9.59 Å². The number of rotatable bonds is 5. The second-order valence-corrected chi connectivity index (χ2v) is 6.41. The zero-order valence-corrected chi connectivity index (χ0v) is 14.5. The summed E-state index contributed by atoms with van der Waals surface area (Å²) in [4.78, 5) is 24.8. The van der Waals surface area contributed by atoms with Crippen molar-refractivity contribution in [3.63, 3.8) is 0 Å². The summed E-state index contributed by atoms with van der Waals surface area (Å²) in [6.45, 7) is 0.549. The van der Waals surface area contributed by atoms with Gasteiger partial charge in [0.15, 0.2) is 17.2 Å². The topological polar surface area (TPSA) is 92.9 Å². The number of amides is 1. The zero-order valence-electron chi connectivity index (χ0n) is 12.9. The number of aliphatic carboxylic acids is 1. The number of ether oxygens (including phenoxy) is 1. The molecule has 1 atom stereocenters. The molecule has 1 amide bonds. The number of halogens is 2. The number of hydrogen-bond donors (Lipinski definition) is 1. The molecule has 2 heterocycles. The molecule has 0 spiro atoms. The highest BCUT2D eigenvalue weighted by Crippen LogP contribution is 2.33. The fourth-order valence-corrected chi connectivity index (χ4v) is 3.06. The number of benzene rings is 1. The van der Waals surface area contributed by atoms with Gasteiger partial charge in [-0.1, -0.05) is 34.4 Å². The molecule has 1 N–H and O–H groups in total. The molecule has 1 aromatic carbocycles. The summed E-state index contributed by atoms with van der Waals surface area (Å²) in [5.41, 5.74) is 0.106. The summed E-state index contributed by atoms with van der Waals surface area (Å²) < 4.78 is 10.6. The van der Waals surface area contributed by atoms with Crippen LogP contribution in [0.4, 0.5) is 0 Å². The Morgan fingerprint density at radius 2 is 2.08 bits per heavy atom. The minimum atomic E-state index is -0.902. The highest BCUT2D eigenvalue weighted by molar-refractivity contribution is 6.37. The summed E-state index contributed by atoms with van der Waals surface area (Å²) in [5.74, 6) is -1.16. The summed E-state index contributed by atoms with van der Waals surface area (Å²) in [6, 6.07) is 6.44. The normalized spacial score (nSPS) is 16.9. The van der Waals surface area contributed by atoms with E-state index in [-0.39, 0.29) is 24.8 Å². The summed E-state index contributed by atoms with van der Waals surface area (Å²) >= 11 is 12.0. The lowest BCUT2D eigenvalue weighted by molar-refractivity contribution is -0.141. The third kappa shape index (κ3) is 3.88. The van der Waals surface area contributed by atoms with Crippen LogP contribution in [-0.4, -0.2) is 40.1 Å². The Morgan fingerprint density at radius 3 is 2.72 bits per heavy atom. The van der Waals surface area contributed by atoms with Gasteiger partial charge in [-0.05, 0) is 18.6 Å². The molecular weight excluding hydrogens is 371 g/mol. The Hall–Kier alpha value is -2.25. The van der Waals surface area contributed by atoms with Gasteiger partial charge in [0.25, 0.3) is 5.91 Å². The second-order valence-electron chi connectivity index (χ2n) is 5.59. The van der Waals surface area contributed by atoms with E-state index in [1.807, 2.05) is 0 Å². The van der Waals surface area contributed by atoms with Crippen LogP contribution in [0.1, 0.15) is 22.7 Å². The lowest BCUT2D eigenvalue weighted by atomic mass is 10.1. The predicted molar refractivity (Wildman–Crippen MR) is 88.9 cm³/mol. The van der Waals surface area contributed by atoms with Gasteiger partial charge in [-0.2, -0.15) is 0 Å². The van der Waals surface area contributed by atoms with Gasteiger partial charge < -0.3 is 19.3 Å². The van der Waals surface area contributed by atoms with E-state index in [4.69, 9.17) is 37.6 Å². The maximum Gasteiger partial charge on any atom is 0.308 e. The van der Waals surface area contributed by atoms with Crippen LogP contribution < -0.4 is 4.74 Å². The quantitative estimate of drug-likeness (QED) is 0.850. The Balaban J connectivity index is 1.63. The lowest BCUT2D eigenvalue weighted by Gasteiger charge is -2.13. The molecule has 1 aliphatic heterocycles. The van der Waals surface area contributed by atoms with Crippen LogP contribution in [0.25, 0.3) is 0 Å². The fraction of sp³-hybridized carbons (Fsp3) is 0.312. The first-order valence-electron chi connectivity index (χ1n) is 7.50. The molecule has 1 saturated heterocycles. The van der Waals surface area contributed by atoms with Crippen molar-refractivity contribution >= 4 is 35.1 Å². The van der Waals surface area contributed by atoms with Crippen LogP contribution >= 0.6 is 23.2 Å². The Labute approximate surface area is 153 Å². The van der Waals surface area contributed by atoms with E-state index in [0.717, 1.165) is 0 Å². The molecule has 3 rings (SSSR count). The summed E-state index contributed by atoms with van der Waals surface area (Å²) in [5, 5.41) is 13.5. The molecule has 1 aliphatic rings. The van der Waals surface area contributed by atoms with Gasteiger partial charge in [0, 0.05) is 19.2 Å². The number of hydrogen-bond acceptors (Lipinski definition) is 5. The summed E-state index contributed by atoms with van der Waals surface area (Å²) in [6.07, 6.45) is 0.430. The van der Waals surface area contributed by atoms with Crippen LogP contribution in [0, 0.1) is 5.92 Å². The molecule has 1 fully saturated rings. The number of likely N-dealkylation sites (tertiary alicyclic amines) is 1. The van der Waals surface area contributed by atoms with Crippen LogP contribution in [0.15, 0.2) is 28.8 Å². The number of para-hydroxylation sites is 1. The highest BCUT2D eigenvalue weighted by atomic mass is 35.5. The van der Waals surface area contributed by atoms with Crippen molar-refractivity contribution in [3.05, 3.63) is 45.8 Å². The molecule has 0 radical (unpaired) electrons. The van der Waals surface area contributed by atoms with Gasteiger partial charge in [-0.15, -0.1) is 0 Å². The van der Waals surface area contributed by atoms with Crippen LogP contribution in [0.5, 0.6) is 5.75 Å². The van der Waals surface area contributed by atoms with Crippen molar-refractivity contribution in [3.8, 4) is 5.75 Å². The van der Waals surface area contributed by atoms with Crippen molar-refractivity contribution in [1.29, 1.82) is 0 Å². The Bertz CT molecular complexity index is 787. The average Bonchev–Trinajstić information content (AvgIpc) is 3.23. The average molecular weight is 385 g/mol. The molecule has 1 aromatic heterocycles. The molecule has 25 heavy (non-hydrogen) atoms. The van der Waals surface area contributed by atoms with Crippen molar-refractivity contribution in [2.24, 2.45) is 5.92 Å². The zero-order chi connectivity index (χ0) is 18.0. The highest BCUT2D eigenvalue weighted by Gasteiger charge is 2.32. The van der Waals surface area contributed by atoms with E-state index < -0.39 is 11.9 Å². The van der Waals surface area contributed by atoms with Crippen LogP contribution in [-0.2, 0) is 11.4 Å². The number of carboxylic acid groups (broad SMARTS) is 1. The van der Waals surface area contributed by atoms with Crippen molar-refractivity contribution in [1.82, 2.24) is 10.1 Å². The van der Waals surface area contributed by atoms with E-state index in [2.05, 4.69) is 5.16 Å². The first-order chi connectivity index (χ1) is 12.0. The number of carboxylic acids is 1. The van der Waals surface area contributed by atoms with E-state index in [9.17, 15) is 9.59 Å². The number of aromatic nitrogens is 1. The molecule has 7 nitrogen and oxygen atoms in total. The molecule has 0 saturated carbocycles. The third-order valence-electron chi connectivity index (χ3n) is 3.88. The minimum absolute atomic E-state index is 0.00147. The van der Waals surface area contributed by atoms with Gasteiger partial charge >= 0.3 is 5.97 Å². The lowest BCUT2D eigenvalue weighted by Crippen LogP contribution is -2.30. The number of nitrogens with zero attached hydrogens (tertiary/aromatic N) is 2. The van der Waals surface area contributed by atoms with Gasteiger partial charge in [0.05, 0.1) is 16.0 Å². The second kappa shape index (κ2) is 7.33. The minimum Gasteiger partial charge on any atom is -0.482 e. The van der Waals surface area contributed by atoms with Crippen molar-refractivity contribution < 1.29 is 24.0 Å². The smallest absolute Gasteiger partial charge is 0.308 e. The van der Waals surface area contributed by atoms with Gasteiger partial charge in [-0.25, -0.2) is 0 Å². The van der Waals surface area contributed by atoms with Crippen LogP contribution in [0.2, 0.25) is 10.0 Å². The SMILES string of the molecule is O=C(O)C1CCN(C(=O)c2cc(COc3c(Cl)cccc3Cl)on2)C1. The first kappa shape index (κ1) is 17.6. The monoisotopic (exact) mass is 384 g/mol. The van der Waals surface area contributed by atoms with Gasteiger partial charge in [0.2, 0.25) is 0 Å². The van der Waals surface area contributed by atoms with Gasteiger partial charge in [0.1, 0.15) is 6.61 Å². The molecule has 9 heteroatoms. The number of carbonyl (C=O) groups is 2. The number of carbonyl (C=O) groups excluding carboxylic acids is 1. The predicted octanol–water partition coefficient (Wildman–Crippen LogP) is 3.11. The maximum atomic E-state index is 12.3. The molecule has 1 unspecified atom stereocenters. The van der Waals surface area contributed by atoms with E-state index in [1.54, 1.807) is 18.2 Å². The standard InChI is InChI=1S/C16H14Cl2N2O5/c17-11-2-1-3-12(18)14(11)24-8-10-6-13(19-25-10)15(21)20-5-4-9(7-20)16(22)23/h1-3,6,9H,4-5,7-8H2,(H,22,23). The first-order valence-corrected chi connectivity index (χ1v) is 8.26. The van der Waals surface area contributed by atoms with E-state index in [0.29, 0.717) is 34.5 Å². The molecule has 2 aromatic rings. The maximum absolute atomic E-state index is 12.3. The fourth-order valence-electron chi connectivity index (χ4n) is 2.55. The molecular formula is C16H14Cl2N2O5. The Kier molecular flexibility index (Phi) is 5.15. The van der Waals surface area contributed by atoms with Crippen molar-refractivity contribution in [2.45, 2.75) is 13.0 Å². The molecule has 0 aliphatic carbocycles. The van der Waals surface area contributed by atoms with E-state index in [1.165, 1.54) is 11.0 Å². The van der Waals surface area contributed by atoms with Crippen molar-refractivity contribution in [2.75, 3.05) is 13.1 Å². The largest absolute Gasteiger partial charge is 0.482 e.